The van der Waals surface area contributed by atoms with Gasteiger partial charge < -0.3 is 10.4 Å². The molecule has 0 spiro atoms. The first-order valence-corrected chi connectivity index (χ1v) is 6.44. The van der Waals surface area contributed by atoms with E-state index in [0.29, 0.717) is 0 Å². The summed E-state index contributed by atoms with van der Waals surface area (Å²) in [5.41, 5.74) is 2.66. The second kappa shape index (κ2) is 4.59. The van der Waals surface area contributed by atoms with Crippen molar-refractivity contribution in [3.8, 4) is 0 Å². The molecule has 0 aliphatic carbocycles. The molecule has 1 aromatic heterocycles. The minimum Gasteiger partial charge on any atom is -0.480 e. The summed E-state index contributed by atoms with van der Waals surface area (Å²) in [5.74, 6) is -1.54. The van der Waals surface area contributed by atoms with Crippen molar-refractivity contribution in [2.45, 2.75) is 25.3 Å². The second-order valence-corrected chi connectivity index (χ2v) is 5.10. The molecule has 102 valence electrons. The van der Waals surface area contributed by atoms with E-state index in [9.17, 15) is 14.7 Å². The van der Waals surface area contributed by atoms with Crippen molar-refractivity contribution in [3.63, 3.8) is 0 Å². The molecule has 3 rings (SSSR count). The molecule has 5 heteroatoms. The van der Waals surface area contributed by atoms with Crippen molar-refractivity contribution in [1.29, 1.82) is 0 Å². The second-order valence-electron chi connectivity index (χ2n) is 5.10. The molecule has 1 fully saturated rings. The number of nitrogens with zero attached hydrogens (tertiary/aromatic N) is 1. The number of aromatic nitrogens is 1. The van der Waals surface area contributed by atoms with E-state index in [0.717, 1.165) is 22.2 Å². The molecule has 5 nitrogen and oxygen atoms in total. The lowest BCUT2D eigenvalue weighted by atomic mass is 9.91. The smallest absolute Gasteiger partial charge is 0.326 e. The lowest BCUT2D eigenvalue weighted by Crippen LogP contribution is -2.36. The standard InChI is InChI=1S/C15H14N2O3/c1-8-2-3-10-6-9(4-5-12(10)16-8)11-7-13(18)17-14(11)15(19)20/h2-6,11,14H,7H2,1H3,(H,17,18)(H,19,20). The zero-order valence-corrected chi connectivity index (χ0v) is 11.0. The van der Waals surface area contributed by atoms with E-state index < -0.39 is 12.0 Å². The van der Waals surface area contributed by atoms with E-state index in [1.807, 2.05) is 37.3 Å². The summed E-state index contributed by atoms with van der Waals surface area (Å²) in [7, 11) is 0. The van der Waals surface area contributed by atoms with Gasteiger partial charge in [-0.2, -0.15) is 0 Å². The third kappa shape index (κ3) is 2.11. The first kappa shape index (κ1) is 12.6. The Hall–Kier alpha value is -2.43. The topological polar surface area (TPSA) is 79.3 Å². The zero-order chi connectivity index (χ0) is 14.3. The van der Waals surface area contributed by atoms with Crippen LogP contribution in [-0.4, -0.2) is 28.0 Å². The molecule has 2 unspecified atom stereocenters. The van der Waals surface area contributed by atoms with Crippen molar-refractivity contribution in [2.75, 3.05) is 0 Å². The average Bonchev–Trinajstić information content (AvgIpc) is 2.80. The quantitative estimate of drug-likeness (QED) is 0.868. The fraction of sp³-hybridized carbons (Fsp3) is 0.267. The molecule has 2 heterocycles. The van der Waals surface area contributed by atoms with Crippen molar-refractivity contribution in [3.05, 3.63) is 41.6 Å². The van der Waals surface area contributed by atoms with Gasteiger partial charge in [0.2, 0.25) is 5.91 Å². The van der Waals surface area contributed by atoms with Gasteiger partial charge in [-0.05, 0) is 30.7 Å². The van der Waals surface area contributed by atoms with Crippen LogP contribution in [0.5, 0.6) is 0 Å². The predicted octanol–water partition coefficient (Wildman–Crippen LogP) is 1.60. The van der Waals surface area contributed by atoms with E-state index >= 15 is 0 Å². The third-order valence-corrected chi connectivity index (χ3v) is 3.67. The molecule has 1 amide bonds. The Morgan fingerprint density at radius 1 is 1.35 bits per heavy atom. The van der Waals surface area contributed by atoms with E-state index in [1.54, 1.807) is 0 Å². The molecule has 20 heavy (non-hydrogen) atoms. The number of carbonyl (C=O) groups is 2. The number of carboxylic acids is 1. The van der Waals surface area contributed by atoms with Crippen molar-refractivity contribution in [1.82, 2.24) is 10.3 Å². The molecule has 0 bridgehead atoms. The Morgan fingerprint density at radius 2 is 2.15 bits per heavy atom. The molecule has 0 saturated carbocycles. The summed E-state index contributed by atoms with van der Waals surface area (Å²) in [5, 5.41) is 12.6. The SMILES string of the molecule is Cc1ccc2cc(C3CC(=O)NC3C(=O)O)ccc2n1. The number of aryl methyl sites for hydroxylation is 1. The van der Waals surface area contributed by atoms with Gasteiger partial charge in [-0.1, -0.05) is 12.1 Å². The predicted molar refractivity (Wildman–Crippen MR) is 73.4 cm³/mol. The van der Waals surface area contributed by atoms with Crippen LogP contribution in [0.15, 0.2) is 30.3 Å². The summed E-state index contributed by atoms with van der Waals surface area (Å²) in [6.07, 6.45) is 0.210. The Bertz CT molecular complexity index is 711. The van der Waals surface area contributed by atoms with Gasteiger partial charge in [-0.3, -0.25) is 9.78 Å². The van der Waals surface area contributed by atoms with Crippen LogP contribution in [0.1, 0.15) is 23.6 Å². The van der Waals surface area contributed by atoms with Gasteiger partial charge in [0.1, 0.15) is 6.04 Å². The van der Waals surface area contributed by atoms with Gasteiger partial charge in [0.15, 0.2) is 0 Å². The lowest BCUT2D eigenvalue weighted by Gasteiger charge is -2.15. The third-order valence-electron chi connectivity index (χ3n) is 3.67. The maximum absolute atomic E-state index is 11.5. The fourth-order valence-electron chi connectivity index (χ4n) is 2.67. The summed E-state index contributed by atoms with van der Waals surface area (Å²) < 4.78 is 0. The number of rotatable bonds is 2. The molecular weight excluding hydrogens is 256 g/mol. The number of amides is 1. The molecule has 1 aliphatic rings. The minimum absolute atomic E-state index is 0.210. The summed E-state index contributed by atoms with van der Waals surface area (Å²) in [6.45, 7) is 1.92. The Balaban J connectivity index is 2.03. The molecular formula is C15H14N2O3. The molecule has 2 N–H and O–H groups in total. The largest absolute Gasteiger partial charge is 0.480 e. The highest BCUT2D eigenvalue weighted by Gasteiger charge is 2.38. The van der Waals surface area contributed by atoms with E-state index in [2.05, 4.69) is 10.3 Å². The molecule has 2 atom stereocenters. The van der Waals surface area contributed by atoms with Crippen LogP contribution in [0.25, 0.3) is 10.9 Å². The Morgan fingerprint density at radius 3 is 2.90 bits per heavy atom. The maximum atomic E-state index is 11.5. The number of pyridine rings is 1. The van der Waals surface area contributed by atoms with Crippen LogP contribution in [0, 0.1) is 6.92 Å². The first-order valence-electron chi connectivity index (χ1n) is 6.44. The molecule has 0 radical (unpaired) electrons. The van der Waals surface area contributed by atoms with E-state index in [4.69, 9.17) is 0 Å². The average molecular weight is 270 g/mol. The van der Waals surface area contributed by atoms with Gasteiger partial charge >= 0.3 is 5.97 Å². The van der Waals surface area contributed by atoms with Gasteiger partial charge in [-0.25, -0.2) is 4.79 Å². The number of nitrogens with one attached hydrogen (secondary N) is 1. The summed E-state index contributed by atoms with van der Waals surface area (Å²) >= 11 is 0. The normalized spacial score (nSPS) is 21.9. The number of carboxylic acid groups (broad SMARTS) is 1. The van der Waals surface area contributed by atoms with Gasteiger partial charge in [-0.15, -0.1) is 0 Å². The number of benzene rings is 1. The van der Waals surface area contributed by atoms with Crippen molar-refractivity contribution < 1.29 is 14.7 Å². The van der Waals surface area contributed by atoms with Crippen LogP contribution >= 0.6 is 0 Å². The van der Waals surface area contributed by atoms with Crippen LogP contribution < -0.4 is 5.32 Å². The minimum atomic E-state index is -0.997. The number of fused-ring (bicyclic) bond motifs is 1. The molecule has 2 aromatic rings. The van der Waals surface area contributed by atoms with Crippen LogP contribution in [0.2, 0.25) is 0 Å². The van der Waals surface area contributed by atoms with Crippen LogP contribution in [-0.2, 0) is 9.59 Å². The number of hydrogen-bond donors (Lipinski definition) is 2. The first-order chi connectivity index (χ1) is 9.54. The van der Waals surface area contributed by atoms with Crippen LogP contribution in [0.4, 0.5) is 0 Å². The van der Waals surface area contributed by atoms with Crippen molar-refractivity contribution in [2.24, 2.45) is 0 Å². The maximum Gasteiger partial charge on any atom is 0.326 e. The number of hydrogen-bond acceptors (Lipinski definition) is 3. The highest BCUT2D eigenvalue weighted by Crippen LogP contribution is 2.30. The van der Waals surface area contributed by atoms with E-state index in [-0.39, 0.29) is 18.2 Å². The number of aliphatic carboxylic acids is 1. The molecule has 1 aromatic carbocycles. The lowest BCUT2D eigenvalue weighted by molar-refractivity contribution is -0.140. The Kier molecular flexibility index (Phi) is 2.89. The molecule has 1 saturated heterocycles. The Labute approximate surface area is 115 Å². The van der Waals surface area contributed by atoms with Gasteiger partial charge in [0, 0.05) is 23.4 Å². The van der Waals surface area contributed by atoms with Crippen LogP contribution in [0.3, 0.4) is 0 Å². The van der Waals surface area contributed by atoms with Gasteiger partial charge in [0.05, 0.1) is 5.52 Å². The number of carbonyl (C=O) groups excluding carboxylic acids is 1. The highest BCUT2D eigenvalue weighted by atomic mass is 16.4. The highest BCUT2D eigenvalue weighted by molar-refractivity contribution is 5.90. The summed E-state index contributed by atoms with van der Waals surface area (Å²) in [6, 6.07) is 8.68. The zero-order valence-electron chi connectivity index (χ0n) is 11.0. The van der Waals surface area contributed by atoms with E-state index in [1.165, 1.54) is 0 Å². The fourth-order valence-corrected chi connectivity index (χ4v) is 2.67. The summed E-state index contributed by atoms with van der Waals surface area (Å²) in [4.78, 5) is 27.1. The molecule has 1 aliphatic heterocycles. The van der Waals surface area contributed by atoms with Crippen molar-refractivity contribution >= 4 is 22.8 Å². The van der Waals surface area contributed by atoms with Gasteiger partial charge in [0.25, 0.3) is 0 Å². The monoisotopic (exact) mass is 270 g/mol.